The predicted molar refractivity (Wildman–Crippen MR) is 59.3 cm³/mol. The normalized spacial score (nSPS) is 10.7. The number of alkyl halides is 2. The van der Waals surface area contributed by atoms with Gasteiger partial charge in [-0.2, -0.15) is 0 Å². The van der Waals surface area contributed by atoms with E-state index in [1.54, 1.807) is 6.92 Å². The van der Waals surface area contributed by atoms with Gasteiger partial charge in [-0.15, -0.1) is 0 Å². The van der Waals surface area contributed by atoms with Crippen molar-refractivity contribution < 1.29 is 18.3 Å². The average molecular weight is 264 g/mol. The van der Waals surface area contributed by atoms with Gasteiger partial charge in [-0.3, -0.25) is 9.78 Å². The molecule has 0 fully saturated rings. The zero-order chi connectivity index (χ0) is 13.0. The Bertz CT molecular complexity index is 424. The Morgan fingerprint density at radius 1 is 1.59 bits per heavy atom. The van der Waals surface area contributed by atoms with Crippen molar-refractivity contribution in [1.82, 2.24) is 4.98 Å². The molecule has 0 aliphatic carbocycles. The third-order valence-corrected chi connectivity index (χ3v) is 2.73. The van der Waals surface area contributed by atoms with Crippen LogP contribution in [0.15, 0.2) is 6.20 Å². The molecule has 94 valence electrons. The summed E-state index contributed by atoms with van der Waals surface area (Å²) in [4.78, 5) is 15.0. The minimum Gasteiger partial charge on any atom is -0.466 e. The Labute approximate surface area is 103 Å². The molecule has 6 heteroatoms. The molecule has 1 heterocycles. The van der Waals surface area contributed by atoms with Gasteiger partial charge in [0.1, 0.15) is 0 Å². The van der Waals surface area contributed by atoms with Gasteiger partial charge < -0.3 is 4.74 Å². The first-order valence-electron chi connectivity index (χ1n) is 5.05. The molecule has 0 saturated heterocycles. The number of carbonyl (C=O) groups is 1. The topological polar surface area (TPSA) is 39.2 Å². The molecule has 1 aromatic heterocycles. The molecular formula is C11H12ClF2NO2. The zero-order valence-corrected chi connectivity index (χ0v) is 10.2. The smallest absolute Gasteiger partial charge is 0.311 e. The minimum absolute atomic E-state index is 0.0934. The van der Waals surface area contributed by atoms with Gasteiger partial charge >= 0.3 is 5.97 Å². The van der Waals surface area contributed by atoms with Crippen molar-refractivity contribution in [3.8, 4) is 0 Å². The number of hydrogen-bond acceptors (Lipinski definition) is 3. The molecule has 0 saturated carbocycles. The molecule has 0 radical (unpaired) electrons. The summed E-state index contributed by atoms with van der Waals surface area (Å²) in [6, 6.07) is 0. The van der Waals surface area contributed by atoms with Crippen LogP contribution in [0.2, 0.25) is 5.02 Å². The van der Waals surface area contributed by atoms with E-state index in [1.165, 1.54) is 6.92 Å². The molecule has 0 spiro atoms. The van der Waals surface area contributed by atoms with Crippen LogP contribution >= 0.6 is 11.6 Å². The summed E-state index contributed by atoms with van der Waals surface area (Å²) in [7, 11) is 0. The predicted octanol–water partition coefficient (Wildman–Crippen LogP) is 3.09. The van der Waals surface area contributed by atoms with Crippen molar-refractivity contribution in [2.24, 2.45) is 0 Å². The third-order valence-electron chi connectivity index (χ3n) is 2.23. The third kappa shape index (κ3) is 3.36. The summed E-state index contributed by atoms with van der Waals surface area (Å²) >= 11 is 5.88. The molecule has 3 nitrogen and oxygen atoms in total. The van der Waals surface area contributed by atoms with Crippen LogP contribution in [0, 0.1) is 6.92 Å². The lowest BCUT2D eigenvalue weighted by Crippen LogP contribution is -2.10. The van der Waals surface area contributed by atoms with Crippen molar-refractivity contribution in [2.75, 3.05) is 6.61 Å². The van der Waals surface area contributed by atoms with Crippen LogP contribution in [-0.2, 0) is 16.0 Å². The van der Waals surface area contributed by atoms with E-state index in [2.05, 4.69) is 4.98 Å². The number of nitrogens with zero attached hydrogens (tertiary/aromatic N) is 1. The Morgan fingerprint density at radius 3 is 2.76 bits per heavy atom. The van der Waals surface area contributed by atoms with Gasteiger partial charge in [-0.1, -0.05) is 11.6 Å². The van der Waals surface area contributed by atoms with Crippen molar-refractivity contribution in [3.63, 3.8) is 0 Å². The maximum Gasteiger partial charge on any atom is 0.311 e. The molecule has 1 rings (SSSR count). The number of rotatable bonds is 4. The highest BCUT2D eigenvalue weighted by Crippen LogP contribution is 2.28. The summed E-state index contributed by atoms with van der Waals surface area (Å²) in [6.45, 7) is 3.41. The average Bonchev–Trinajstić information content (AvgIpc) is 2.25. The largest absolute Gasteiger partial charge is 0.466 e. The highest BCUT2D eigenvalue weighted by molar-refractivity contribution is 6.32. The first-order valence-corrected chi connectivity index (χ1v) is 5.42. The molecule has 0 aromatic carbocycles. The van der Waals surface area contributed by atoms with Crippen LogP contribution in [0.3, 0.4) is 0 Å². The summed E-state index contributed by atoms with van der Waals surface area (Å²) in [5, 5.41) is 0.0934. The summed E-state index contributed by atoms with van der Waals surface area (Å²) < 4.78 is 29.8. The second-order valence-corrected chi connectivity index (χ2v) is 3.76. The fourth-order valence-corrected chi connectivity index (χ4v) is 1.56. The van der Waals surface area contributed by atoms with Crippen molar-refractivity contribution in [2.45, 2.75) is 26.7 Å². The van der Waals surface area contributed by atoms with Gasteiger partial charge in [0, 0.05) is 11.8 Å². The lowest BCUT2D eigenvalue weighted by molar-refractivity contribution is -0.142. The van der Waals surface area contributed by atoms with E-state index in [-0.39, 0.29) is 34.9 Å². The van der Waals surface area contributed by atoms with Crippen molar-refractivity contribution in [3.05, 3.63) is 28.0 Å². The van der Waals surface area contributed by atoms with E-state index < -0.39 is 12.4 Å². The summed E-state index contributed by atoms with van der Waals surface area (Å²) in [6.07, 6.45) is -1.70. The monoisotopic (exact) mass is 263 g/mol. The Balaban J connectivity index is 2.96. The van der Waals surface area contributed by atoms with Gasteiger partial charge in [-0.25, -0.2) is 8.78 Å². The van der Waals surface area contributed by atoms with Crippen molar-refractivity contribution >= 4 is 17.6 Å². The SMILES string of the molecule is CCOC(=O)Cc1ncc(C(F)F)c(C)c1Cl. The fourth-order valence-electron chi connectivity index (χ4n) is 1.34. The second kappa shape index (κ2) is 5.91. The Morgan fingerprint density at radius 2 is 2.24 bits per heavy atom. The number of hydrogen-bond donors (Lipinski definition) is 0. The molecule has 0 atom stereocenters. The number of ether oxygens (including phenoxy) is 1. The maximum atomic E-state index is 12.5. The number of aromatic nitrogens is 1. The molecule has 0 aliphatic rings. The van der Waals surface area contributed by atoms with Crippen LogP contribution in [0.5, 0.6) is 0 Å². The lowest BCUT2D eigenvalue weighted by atomic mass is 10.1. The number of carbonyl (C=O) groups excluding carboxylic acids is 1. The zero-order valence-electron chi connectivity index (χ0n) is 9.47. The summed E-state index contributed by atoms with van der Waals surface area (Å²) in [5.41, 5.74) is 0.283. The summed E-state index contributed by atoms with van der Waals surface area (Å²) in [5.74, 6) is -0.480. The number of esters is 1. The molecule has 1 aromatic rings. The van der Waals surface area contributed by atoms with Crippen molar-refractivity contribution in [1.29, 1.82) is 0 Å². The van der Waals surface area contributed by atoms with Crippen LogP contribution in [0.25, 0.3) is 0 Å². The van der Waals surface area contributed by atoms with E-state index in [1.807, 2.05) is 0 Å². The van der Waals surface area contributed by atoms with Crippen LogP contribution in [-0.4, -0.2) is 17.6 Å². The van der Waals surface area contributed by atoms with Crippen LogP contribution < -0.4 is 0 Å². The Kier molecular flexibility index (Phi) is 4.81. The maximum absolute atomic E-state index is 12.5. The van der Waals surface area contributed by atoms with Gasteiger partial charge in [0.15, 0.2) is 0 Å². The Hall–Kier alpha value is -1.23. The fraction of sp³-hybridized carbons (Fsp3) is 0.455. The highest BCUT2D eigenvalue weighted by atomic mass is 35.5. The van der Waals surface area contributed by atoms with E-state index in [4.69, 9.17) is 16.3 Å². The number of pyridine rings is 1. The molecule has 0 bridgehead atoms. The molecule has 0 aliphatic heterocycles. The van der Waals surface area contributed by atoms with Gasteiger partial charge in [0.2, 0.25) is 0 Å². The standard InChI is InChI=1S/C11H12ClF2NO2/c1-3-17-9(16)4-8-10(12)6(2)7(5-15-8)11(13)14/h5,11H,3-4H2,1-2H3. The van der Waals surface area contributed by atoms with Crippen LogP contribution in [0.4, 0.5) is 8.78 Å². The highest BCUT2D eigenvalue weighted by Gasteiger charge is 2.18. The number of halogens is 3. The van der Waals surface area contributed by atoms with Gasteiger partial charge in [0.05, 0.1) is 23.7 Å². The molecule has 0 unspecified atom stereocenters. The lowest BCUT2D eigenvalue weighted by Gasteiger charge is -2.10. The van der Waals surface area contributed by atoms with E-state index in [0.29, 0.717) is 0 Å². The van der Waals surface area contributed by atoms with Crippen LogP contribution in [0.1, 0.15) is 30.2 Å². The van der Waals surface area contributed by atoms with E-state index in [0.717, 1.165) is 6.20 Å². The second-order valence-electron chi connectivity index (χ2n) is 3.38. The molecular weight excluding hydrogens is 252 g/mol. The molecule has 17 heavy (non-hydrogen) atoms. The minimum atomic E-state index is -2.63. The van der Waals surface area contributed by atoms with E-state index in [9.17, 15) is 13.6 Å². The first-order chi connectivity index (χ1) is 7.97. The molecule has 0 amide bonds. The van der Waals surface area contributed by atoms with E-state index >= 15 is 0 Å². The van der Waals surface area contributed by atoms with Gasteiger partial charge in [0.25, 0.3) is 6.43 Å². The quantitative estimate of drug-likeness (QED) is 0.784. The molecule has 0 N–H and O–H groups in total. The first kappa shape index (κ1) is 13.8. The van der Waals surface area contributed by atoms with Gasteiger partial charge in [-0.05, 0) is 19.4 Å².